The number of aromatic nitrogens is 3. The third-order valence-corrected chi connectivity index (χ3v) is 8.60. The first kappa shape index (κ1) is 26.2. The molecule has 0 saturated carbocycles. The first-order chi connectivity index (χ1) is 22.7. The molecule has 2 aromatic heterocycles. The van der Waals surface area contributed by atoms with Crippen LogP contribution in [0.3, 0.4) is 0 Å². The summed E-state index contributed by atoms with van der Waals surface area (Å²) in [6, 6.07) is 47.6. The third-order valence-electron chi connectivity index (χ3n) is 8.60. The minimum atomic E-state index is -0.316. The molecule has 0 aliphatic carbocycles. The molecular weight excluding hydrogens is 569 g/mol. The van der Waals surface area contributed by atoms with Crippen molar-refractivity contribution < 1.29 is 8.81 Å². The van der Waals surface area contributed by atoms with Crippen molar-refractivity contribution in [1.29, 1.82) is 0 Å². The lowest BCUT2D eigenvalue weighted by Gasteiger charge is -2.11. The standard InChI is InChI=1S/C41H24FN3O/c42-28-22-20-27(21-23-28)39-43-40(32-17-8-13-25-12-4-5-14-29(25)32)45-41(44-39)33-18-9-19-36-37(33)35-24-34(26-10-2-1-3-11-26)30-15-6-7-16-31(30)38(35)46-36/h1-24H. The van der Waals surface area contributed by atoms with Gasteiger partial charge in [-0.3, -0.25) is 0 Å². The van der Waals surface area contributed by atoms with E-state index in [9.17, 15) is 4.39 Å². The van der Waals surface area contributed by atoms with Gasteiger partial charge in [0.1, 0.15) is 17.0 Å². The van der Waals surface area contributed by atoms with E-state index in [1.165, 1.54) is 12.1 Å². The van der Waals surface area contributed by atoms with Crippen LogP contribution in [0.1, 0.15) is 0 Å². The van der Waals surface area contributed by atoms with E-state index in [0.29, 0.717) is 23.0 Å². The highest BCUT2D eigenvalue weighted by atomic mass is 19.1. The van der Waals surface area contributed by atoms with E-state index in [2.05, 4.69) is 66.7 Å². The van der Waals surface area contributed by atoms with Crippen molar-refractivity contribution in [2.75, 3.05) is 0 Å². The SMILES string of the molecule is Fc1ccc(-c2nc(-c3cccc4ccccc34)nc(-c3cccc4oc5c6ccccc6c(-c6ccccc6)cc5c34)n2)cc1. The Kier molecular flexibility index (Phi) is 5.96. The van der Waals surface area contributed by atoms with E-state index in [-0.39, 0.29) is 5.82 Å². The number of hydrogen-bond acceptors (Lipinski definition) is 4. The summed E-state index contributed by atoms with van der Waals surface area (Å²) in [6.45, 7) is 0. The number of rotatable bonds is 4. The van der Waals surface area contributed by atoms with Crippen LogP contribution in [0.2, 0.25) is 0 Å². The lowest BCUT2D eigenvalue weighted by Crippen LogP contribution is -2.01. The molecule has 46 heavy (non-hydrogen) atoms. The van der Waals surface area contributed by atoms with Crippen LogP contribution in [0.25, 0.3) is 88.8 Å². The Hall–Kier alpha value is -6.20. The predicted octanol–water partition coefficient (Wildman–Crippen LogP) is 10.9. The van der Waals surface area contributed by atoms with Crippen molar-refractivity contribution in [3.05, 3.63) is 151 Å². The first-order valence-electron chi connectivity index (χ1n) is 15.1. The summed E-state index contributed by atoms with van der Waals surface area (Å²) >= 11 is 0. The molecule has 0 amide bonds. The maximum Gasteiger partial charge on any atom is 0.164 e. The number of nitrogens with zero attached hydrogens (tertiary/aromatic N) is 3. The molecule has 0 aliphatic rings. The Bertz CT molecular complexity index is 2590. The highest BCUT2D eigenvalue weighted by molar-refractivity contribution is 6.21. The second-order valence-electron chi connectivity index (χ2n) is 11.3. The van der Waals surface area contributed by atoms with Gasteiger partial charge in [-0.05, 0) is 63.7 Å². The molecule has 0 fully saturated rings. The fourth-order valence-electron chi connectivity index (χ4n) is 6.46. The highest BCUT2D eigenvalue weighted by Gasteiger charge is 2.21. The summed E-state index contributed by atoms with van der Waals surface area (Å²) in [6.07, 6.45) is 0. The average Bonchev–Trinajstić information content (AvgIpc) is 3.51. The van der Waals surface area contributed by atoms with E-state index in [1.54, 1.807) is 12.1 Å². The second kappa shape index (κ2) is 10.5. The van der Waals surface area contributed by atoms with Crippen LogP contribution in [0.5, 0.6) is 0 Å². The van der Waals surface area contributed by atoms with Crippen LogP contribution in [-0.4, -0.2) is 15.0 Å². The van der Waals surface area contributed by atoms with Gasteiger partial charge in [-0.25, -0.2) is 19.3 Å². The van der Waals surface area contributed by atoms with Crippen LogP contribution in [0.15, 0.2) is 150 Å². The fraction of sp³-hybridized carbons (Fsp3) is 0. The average molecular weight is 594 g/mol. The first-order valence-corrected chi connectivity index (χ1v) is 15.1. The van der Waals surface area contributed by atoms with Gasteiger partial charge in [0.25, 0.3) is 0 Å². The Morgan fingerprint density at radius 2 is 1.07 bits per heavy atom. The number of halogens is 1. The van der Waals surface area contributed by atoms with Gasteiger partial charge in [-0.2, -0.15) is 0 Å². The summed E-state index contributed by atoms with van der Waals surface area (Å²) in [7, 11) is 0. The summed E-state index contributed by atoms with van der Waals surface area (Å²) in [4.78, 5) is 15.0. The van der Waals surface area contributed by atoms with Gasteiger partial charge in [0.15, 0.2) is 17.5 Å². The molecule has 0 unspecified atom stereocenters. The molecule has 0 radical (unpaired) electrons. The predicted molar refractivity (Wildman–Crippen MR) is 184 cm³/mol. The number of furan rings is 1. The molecule has 0 bridgehead atoms. The topological polar surface area (TPSA) is 51.8 Å². The second-order valence-corrected chi connectivity index (χ2v) is 11.3. The van der Waals surface area contributed by atoms with E-state index in [1.807, 2.05) is 54.6 Å². The lowest BCUT2D eigenvalue weighted by atomic mass is 9.94. The van der Waals surface area contributed by atoms with Gasteiger partial charge in [0.05, 0.1) is 0 Å². The summed E-state index contributed by atoms with van der Waals surface area (Å²) in [5, 5.41) is 6.21. The van der Waals surface area contributed by atoms with Crippen molar-refractivity contribution in [2.45, 2.75) is 0 Å². The number of benzene rings is 7. The van der Waals surface area contributed by atoms with E-state index in [4.69, 9.17) is 19.4 Å². The van der Waals surface area contributed by atoms with Gasteiger partial charge < -0.3 is 4.42 Å². The monoisotopic (exact) mass is 593 g/mol. The molecular formula is C41H24FN3O. The molecule has 0 saturated heterocycles. The molecule has 4 nitrogen and oxygen atoms in total. The normalized spacial score (nSPS) is 11.6. The van der Waals surface area contributed by atoms with Crippen LogP contribution < -0.4 is 0 Å². The van der Waals surface area contributed by atoms with Crippen molar-refractivity contribution in [3.63, 3.8) is 0 Å². The zero-order chi connectivity index (χ0) is 30.6. The maximum atomic E-state index is 14.0. The van der Waals surface area contributed by atoms with Crippen molar-refractivity contribution in [2.24, 2.45) is 0 Å². The summed E-state index contributed by atoms with van der Waals surface area (Å²) in [5.74, 6) is 1.21. The van der Waals surface area contributed by atoms with Gasteiger partial charge >= 0.3 is 0 Å². The molecule has 7 aromatic carbocycles. The molecule has 0 spiro atoms. The molecule has 9 rings (SSSR count). The molecule has 0 N–H and O–H groups in total. The fourth-order valence-corrected chi connectivity index (χ4v) is 6.46. The Morgan fingerprint density at radius 1 is 0.435 bits per heavy atom. The zero-order valence-corrected chi connectivity index (χ0v) is 24.5. The maximum absolute atomic E-state index is 14.0. The van der Waals surface area contributed by atoms with Crippen LogP contribution in [-0.2, 0) is 0 Å². The minimum Gasteiger partial charge on any atom is -0.455 e. The van der Waals surface area contributed by atoms with Crippen LogP contribution in [0.4, 0.5) is 4.39 Å². The molecule has 216 valence electrons. The molecule has 9 aromatic rings. The van der Waals surface area contributed by atoms with Crippen molar-refractivity contribution in [1.82, 2.24) is 15.0 Å². The molecule has 2 heterocycles. The molecule has 0 aliphatic heterocycles. The smallest absolute Gasteiger partial charge is 0.164 e. The quantitative estimate of drug-likeness (QED) is 0.204. The Balaban J connectivity index is 1.36. The largest absolute Gasteiger partial charge is 0.455 e. The Labute approximate surface area is 263 Å². The minimum absolute atomic E-state index is 0.316. The van der Waals surface area contributed by atoms with Gasteiger partial charge in [-0.1, -0.05) is 109 Å². The van der Waals surface area contributed by atoms with E-state index < -0.39 is 0 Å². The van der Waals surface area contributed by atoms with Crippen LogP contribution in [0, 0.1) is 5.82 Å². The van der Waals surface area contributed by atoms with E-state index in [0.717, 1.165) is 65.7 Å². The van der Waals surface area contributed by atoms with Gasteiger partial charge in [0, 0.05) is 32.8 Å². The molecule has 5 heteroatoms. The van der Waals surface area contributed by atoms with Crippen molar-refractivity contribution >= 4 is 43.5 Å². The number of fused-ring (bicyclic) bond motifs is 6. The van der Waals surface area contributed by atoms with Crippen molar-refractivity contribution in [3.8, 4) is 45.3 Å². The summed E-state index contributed by atoms with van der Waals surface area (Å²) < 4.78 is 20.6. The zero-order valence-electron chi connectivity index (χ0n) is 24.5. The third kappa shape index (κ3) is 4.25. The van der Waals surface area contributed by atoms with Gasteiger partial charge in [0.2, 0.25) is 0 Å². The molecule has 0 atom stereocenters. The highest BCUT2D eigenvalue weighted by Crippen LogP contribution is 2.43. The van der Waals surface area contributed by atoms with E-state index >= 15 is 0 Å². The lowest BCUT2D eigenvalue weighted by molar-refractivity contribution is 0.628. The van der Waals surface area contributed by atoms with Crippen LogP contribution >= 0.6 is 0 Å². The number of hydrogen-bond donors (Lipinski definition) is 0. The Morgan fingerprint density at radius 3 is 1.89 bits per heavy atom. The summed E-state index contributed by atoms with van der Waals surface area (Å²) in [5.41, 5.74) is 6.25. The van der Waals surface area contributed by atoms with Gasteiger partial charge in [-0.15, -0.1) is 0 Å².